The summed E-state index contributed by atoms with van der Waals surface area (Å²) in [5, 5.41) is 9.26. The molecule has 1 aliphatic heterocycles. The third kappa shape index (κ3) is 3.57. The third-order valence-electron chi connectivity index (χ3n) is 4.38. The Balaban J connectivity index is 1.88. The fourth-order valence-corrected chi connectivity index (χ4v) is 3.22. The van der Waals surface area contributed by atoms with Crippen LogP contribution in [0.4, 0.5) is 17.6 Å². The second kappa shape index (κ2) is 7.06. The summed E-state index contributed by atoms with van der Waals surface area (Å²) in [7, 11) is 1.70. The number of hydrogen-bond donors (Lipinski definition) is 2. The van der Waals surface area contributed by atoms with Crippen molar-refractivity contribution >= 4 is 5.91 Å². The zero-order valence-corrected chi connectivity index (χ0v) is 14.0. The lowest BCUT2D eigenvalue weighted by atomic mass is 10.0. The number of H-pyrrole nitrogens is 1. The van der Waals surface area contributed by atoms with Crippen molar-refractivity contribution in [1.82, 2.24) is 20.4 Å². The Morgan fingerprint density at radius 1 is 1.38 bits per heavy atom. The van der Waals surface area contributed by atoms with Gasteiger partial charge in [0.15, 0.2) is 0 Å². The van der Waals surface area contributed by atoms with Gasteiger partial charge in [-0.05, 0) is 19.2 Å². The van der Waals surface area contributed by atoms with Crippen molar-refractivity contribution in [1.29, 1.82) is 0 Å². The van der Waals surface area contributed by atoms with Gasteiger partial charge in [-0.25, -0.2) is 4.39 Å². The summed E-state index contributed by atoms with van der Waals surface area (Å²) in [6.45, 7) is 0.392. The van der Waals surface area contributed by atoms with Gasteiger partial charge in [0.25, 0.3) is 5.91 Å². The maximum Gasteiger partial charge on any atom is 0.417 e. The minimum absolute atomic E-state index is 0.0161. The first-order valence-electron chi connectivity index (χ1n) is 8.13. The molecule has 1 saturated heterocycles. The Kier molecular flexibility index (Phi) is 4.99. The number of carbonyl (C=O) groups excluding carboxylic acids is 1. The molecule has 9 heteroatoms. The molecule has 0 spiro atoms. The van der Waals surface area contributed by atoms with Crippen LogP contribution in [0.3, 0.4) is 0 Å². The molecule has 1 aromatic heterocycles. The first-order chi connectivity index (χ1) is 12.3. The van der Waals surface area contributed by atoms with Crippen LogP contribution in [0.25, 0.3) is 11.3 Å². The Labute approximate surface area is 147 Å². The number of halogens is 4. The van der Waals surface area contributed by atoms with E-state index in [4.69, 9.17) is 0 Å². The first kappa shape index (κ1) is 18.4. The predicted molar refractivity (Wildman–Crippen MR) is 87.3 cm³/mol. The number of alkyl halides is 4. The van der Waals surface area contributed by atoms with Crippen molar-refractivity contribution in [2.75, 3.05) is 20.1 Å². The smallest absolute Gasteiger partial charge is 0.330 e. The maximum absolute atomic E-state index is 13.7. The minimum Gasteiger partial charge on any atom is -0.330 e. The Hall–Kier alpha value is -2.42. The van der Waals surface area contributed by atoms with Crippen LogP contribution in [0.5, 0.6) is 0 Å². The molecular formula is C17H18F4N4O. The van der Waals surface area contributed by atoms with Crippen LogP contribution in [-0.2, 0) is 6.18 Å². The molecule has 2 heterocycles. The monoisotopic (exact) mass is 370 g/mol. The van der Waals surface area contributed by atoms with Gasteiger partial charge in [-0.3, -0.25) is 9.89 Å². The highest BCUT2D eigenvalue weighted by molar-refractivity contribution is 5.94. The van der Waals surface area contributed by atoms with Crippen LogP contribution in [0, 0.1) is 0 Å². The summed E-state index contributed by atoms with van der Waals surface area (Å²) < 4.78 is 53.2. The van der Waals surface area contributed by atoms with Gasteiger partial charge in [0.2, 0.25) is 0 Å². The van der Waals surface area contributed by atoms with Crippen molar-refractivity contribution in [3.05, 3.63) is 41.6 Å². The number of likely N-dealkylation sites (tertiary alicyclic amines) is 1. The predicted octanol–water partition coefficient (Wildman–Crippen LogP) is 2.87. The van der Waals surface area contributed by atoms with Crippen molar-refractivity contribution in [2.45, 2.75) is 24.8 Å². The minimum atomic E-state index is -4.53. The third-order valence-corrected chi connectivity index (χ3v) is 4.38. The van der Waals surface area contributed by atoms with E-state index in [1.807, 2.05) is 0 Å². The fourth-order valence-electron chi connectivity index (χ4n) is 3.22. The van der Waals surface area contributed by atoms with Gasteiger partial charge in [0.1, 0.15) is 11.9 Å². The number of likely N-dealkylation sites (N-methyl/N-ethyl adjacent to an activating group) is 1. The van der Waals surface area contributed by atoms with E-state index < -0.39 is 23.8 Å². The Morgan fingerprint density at radius 3 is 2.81 bits per heavy atom. The van der Waals surface area contributed by atoms with E-state index >= 15 is 0 Å². The molecule has 0 aliphatic carbocycles. The molecule has 0 saturated carbocycles. The van der Waals surface area contributed by atoms with E-state index in [-0.39, 0.29) is 36.0 Å². The van der Waals surface area contributed by atoms with Crippen molar-refractivity contribution in [3.8, 4) is 11.3 Å². The first-order valence-corrected chi connectivity index (χ1v) is 8.13. The van der Waals surface area contributed by atoms with Crippen LogP contribution < -0.4 is 5.32 Å². The van der Waals surface area contributed by atoms with Gasteiger partial charge >= 0.3 is 6.18 Å². The summed E-state index contributed by atoms with van der Waals surface area (Å²) in [5.41, 5.74) is -0.898. The second-order valence-electron chi connectivity index (χ2n) is 6.21. The van der Waals surface area contributed by atoms with E-state index in [9.17, 15) is 22.4 Å². The summed E-state index contributed by atoms with van der Waals surface area (Å²) >= 11 is 0. The van der Waals surface area contributed by atoms with Gasteiger partial charge in [-0.1, -0.05) is 18.2 Å². The number of nitrogens with one attached hydrogen (secondary N) is 2. The molecule has 0 unspecified atom stereocenters. The fraction of sp³-hybridized carbons (Fsp3) is 0.412. The number of hydrogen-bond acceptors (Lipinski definition) is 3. The van der Waals surface area contributed by atoms with Crippen LogP contribution in [0.15, 0.2) is 30.3 Å². The maximum atomic E-state index is 13.7. The summed E-state index contributed by atoms with van der Waals surface area (Å²) in [6, 6.07) is 5.98. The SMILES string of the molecule is CNC[C@@H]1C[C@H](F)CN1C(=O)c1cc(-c2ccccc2C(F)(F)F)n[nH]1. The van der Waals surface area contributed by atoms with Crippen LogP contribution in [-0.4, -0.2) is 53.4 Å². The van der Waals surface area contributed by atoms with E-state index in [2.05, 4.69) is 15.5 Å². The Bertz CT molecular complexity index is 789. The largest absolute Gasteiger partial charge is 0.417 e. The normalized spacial score (nSPS) is 20.6. The molecule has 140 valence electrons. The van der Waals surface area contributed by atoms with E-state index in [0.717, 1.165) is 6.07 Å². The van der Waals surface area contributed by atoms with Gasteiger partial charge < -0.3 is 10.2 Å². The van der Waals surface area contributed by atoms with Gasteiger partial charge in [0.05, 0.1) is 17.8 Å². The topological polar surface area (TPSA) is 61.0 Å². The molecule has 1 amide bonds. The summed E-state index contributed by atoms with van der Waals surface area (Å²) in [6.07, 6.45) is -5.43. The lowest BCUT2D eigenvalue weighted by Crippen LogP contribution is -2.41. The van der Waals surface area contributed by atoms with E-state index in [1.165, 1.54) is 29.2 Å². The molecule has 1 aliphatic rings. The molecule has 5 nitrogen and oxygen atoms in total. The number of aromatic amines is 1. The number of amides is 1. The molecule has 2 atom stereocenters. The second-order valence-corrected chi connectivity index (χ2v) is 6.21. The summed E-state index contributed by atoms with van der Waals surface area (Å²) in [5.74, 6) is -0.478. The number of carbonyl (C=O) groups is 1. The van der Waals surface area contributed by atoms with Crippen LogP contribution in [0.1, 0.15) is 22.5 Å². The number of nitrogens with zero attached hydrogens (tertiary/aromatic N) is 2. The highest BCUT2D eigenvalue weighted by Crippen LogP contribution is 2.36. The molecule has 26 heavy (non-hydrogen) atoms. The van der Waals surface area contributed by atoms with Crippen molar-refractivity contribution < 1.29 is 22.4 Å². The molecule has 2 N–H and O–H groups in total. The van der Waals surface area contributed by atoms with Crippen LogP contribution in [0.2, 0.25) is 0 Å². The van der Waals surface area contributed by atoms with Gasteiger partial charge in [0, 0.05) is 24.6 Å². The lowest BCUT2D eigenvalue weighted by Gasteiger charge is -2.23. The summed E-state index contributed by atoms with van der Waals surface area (Å²) in [4.78, 5) is 14.0. The highest BCUT2D eigenvalue weighted by Gasteiger charge is 2.37. The number of aromatic nitrogens is 2. The van der Waals surface area contributed by atoms with Crippen molar-refractivity contribution in [2.24, 2.45) is 0 Å². The molecule has 2 aromatic rings. The molecular weight excluding hydrogens is 352 g/mol. The zero-order chi connectivity index (χ0) is 18.9. The van der Waals surface area contributed by atoms with E-state index in [1.54, 1.807) is 7.05 Å². The molecule has 1 aromatic carbocycles. The lowest BCUT2D eigenvalue weighted by molar-refractivity contribution is -0.137. The molecule has 0 radical (unpaired) electrons. The average Bonchev–Trinajstić information content (AvgIpc) is 3.21. The van der Waals surface area contributed by atoms with Crippen LogP contribution >= 0.6 is 0 Å². The van der Waals surface area contributed by atoms with E-state index in [0.29, 0.717) is 6.54 Å². The quantitative estimate of drug-likeness (QED) is 0.814. The highest BCUT2D eigenvalue weighted by atomic mass is 19.4. The average molecular weight is 370 g/mol. The standard InChI is InChI=1S/C17H18F4N4O/c1-22-8-11-6-10(18)9-25(11)16(26)15-7-14(23-24-15)12-4-2-3-5-13(12)17(19,20)21/h2-5,7,10-11,22H,6,8-9H2,1H3,(H,23,24)/t10-,11-/m0/s1. The number of benzene rings is 1. The zero-order valence-electron chi connectivity index (χ0n) is 14.0. The van der Waals surface area contributed by atoms with Gasteiger partial charge in [-0.2, -0.15) is 18.3 Å². The van der Waals surface area contributed by atoms with Crippen molar-refractivity contribution in [3.63, 3.8) is 0 Å². The Morgan fingerprint density at radius 2 is 2.12 bits per heavy atom. The number of rotatable bonds is 4. The molecule has 0 bridgehead atoms. The molecule has 3 rings (SSSR count). The van der Waals surface area contributed by atoms with Gasteiger partial charge in [-0.15, -0.1) is 0 Å². The molecule has 1 fully saturated rings.